The fourth-order valence-electron chi connectivity index (χ4n) is 4.29. The van der Waals surface area contributed by atoms with Crippen LogP contribution in [0.5, 0.6) is 0 Å². The number of fused-ring (bicyclic) bond motifs is 1. The second-order valence-corrected chi connectivity index (χ2v) is 8.02. The normalized spacial score (nSPS) is 16.9. The molecule has 3 aromatic rings. The van der Waals surface area contributed by atoms with Gasteiger partial charge in [-0.25, -0.2) is 4.68 Å². The zero-order valence-corrected chi connectivity index (χ0v) is 17.6. The van der Waals surface area contributed by atoms with Crippen molar-refractivity contribution < 1.29 is 9.84 Å². The summed E-state index contributed by atoms with van der Waals surface area (Å²) in [4.78, 5) is 18.5. The first-order chi connectivity index (χ1) is 14.5. The van der Waals surface area contributed by atoms with Crippen LogP contribution < -0.4 is 5.56 Å². The van der Waals surface area contributed by atoms with Gasteiger partial charge in [0.1, 0.15) is 6.04 Å². The van der Waals surface area contributed by atoms with Crippen LogP contribution in [0, 0.1) is 13.8 Å². The molecule has 0 amide bonds. The maximum Gasteiger partial charge on any atom is 0.253 e. The van der Waals surface area contributed by atoms with Crippen LogP contribution in [-0.2, 0) is 11.3 Å². The van der Waals surface area contributed by atoms with Crippen molar-refractivity contribution in [2.75, 3.05) is 26.8 Å². The van der Waals surface area contributed by atoms with Crippen molar-refractivity contribution in [3.05, 3.63) is 51.1 Å². The van der Waals surface area contributed by atoms with Gasteiger partial charge < -0.3 is 14.8 Å². The fraction of sp³-hybridized carbons (Fsp3) is 0.524. The van der Waals surface area contributed by atoms with Gasteiger partial charge in [0, 0.05) is 25.8 Å². The molecule has 1 aromatic carbocycles. The highest BCUT2D eigenvalue weighted by Crippen LogP contribution is 2.30. The van der Waals surface area contributed by atoms with Crippen molar-refractivity contribution in [1.82, 2.24) is 30.1 Å². The third kappa shape index (κ3) is 4.00. The lowest BCUT2D eigenvalue weighted by molar-refractivity contribution is 0.0654. The topological polar surface area (TPSA) is 109 Å². The zero-order valence-electron chi connectivity index (χ0n) is 17.6. The molecule has 2 N–H and O–H groups in total. The molecule has 1 atom stereocenters. The van der Waals surface area contributed by atoms with Gasteiger partial charge in [-0.3, -0.25) is 9.69 Å². The Hall–Kier alpha value is -2.62. The zero-order chi connectivity index (χ0) is 21.3. The number of benzene rings is 1. The van der Waals surface area contributed by atoms with E-state index in [4.69, 9.17) is 4.74 Å². The molecule has 1 saturated heterocycles. The first kappa shape index (κ1) is 20.6. The lowest BCUT2D eigenvalue weighted by atomic mass is 9.98. The van der Waals surface area contributed by atoms with E-state index >= 15 is 0 Å². The highest BCUT2D eigenvalue weighted by molar-refractivity contribution is 5.83. The van der Waals surface area contributed by atoms with Crippen LogP contribution in [0.4, 0.5) is 0 Å². The second-order valence-electron chi connectivity index (χ2n) is 8.02. The maximum atomic E-state index is 13.2. The lowest BCUT2D eigenvalue weighted by Crippen LogP contribution is -2.41. The van der Waals surface area contributed by atoms with Crippen LogP contribution in [0.3, 0.4) is 0 Å². The number of ether oxygens (including phenoxy) is 1. The number of aromatic amines is 1. The third-order valence-corrected chi connectivity index (χ3v) is 5.79. The standard InChI is InChI=1S/C21H28N6O3/c1-13-10-14(2)18-15(11-13)12-17(21(29)22-18)19(26-6-4-16(28)5-7-26)20-23-24-25-27(20)8-9-30-3/h10-12,16,19,28H,4-9H2,1-3H3,(H,22,29). The largest absolute Gasteiger partial charge is 0.393 e. The second kappa shape index (κ2) is 8.63. The number of tetrazole rings is 1. The minimum absolute atomic E-state index is 0.146. The number of aromatic nitrogens is 5. The molecular formula is C21H28N6O3. The Kier molecular flexibility index (Phi) is 5.94. The minimum Gasteiger partial charge on any atom is -0.393 e. The average Bonchev–Trinajstić information content (AvgIpc) is 3.17. The number of H-pyrrole nitrogens is 1. The number of aliphatic hydroxyl groups is 1. The molecule has 30 heavy (non-hydrogen) atoms. The number of pyridine rings is 1. The number of methoxy groups -OCH3 is 1. The van der Waals surface area contributed by atoms with Crippen molar-refractivity contribution in [1.29, 1.82) is 0 Å². The number of likely N-dealkylation sites (tertiary alicyclic amines) is 1. The van der Waals surface area contributed by atoms with Gasteiger partial charge in [0.2, 0.25) is 0 Å². The fourth-order valence-corrected chi connectivity index (χ4v) is 4.29. The monoisotopic (exact) mass is 412 g/mol. The Balaban J connectivity index is 1.85. The lowest BCUT2D eigenvalue weighted by Gasteiger charge is -2.35. The Morgan fingerprint density at radius 1 is 1.27 bits per heavy atom. The van der Waals surface area contributed by atoms with Crippen LogP contribution in [0.25, 0.3) is 10.9 Å². The van der Waals surface area contributed by atoms with Crippen molar-refractivity contribution in [3.63, 3.8) is 0 Å². The molecule has 2 aromatic heterocycles. The summed E-state index contributed by atoms with van der Waals surface area (Å²) in [5.41, 5.74) is 3.49. The van der Waals surface area contributed by atoms with Crippen LogP contribution in [-0.4, -0.2) is 68.1 Å². The molecule has 0 aliphatic carbocycles. The number of piperidine rings is 1. The van der Waals surface area contributed by atoms with Crippen molar-refractivity contribution in [2.24, 2.45) is 0 Å². The average molecular weight is 412 g/mol. The Bertz CT molecular complexity index is 1080. The van der Waals surface area contributed by atoms with Crippen molar-refractivity contribution in [2.45, 2.75) is 45.4 Å². The summed E-state index contributed by atoms with van der Waals surface area (Å²) in [6, 6.07) is 5.69. The number of hydrogen-bond donors (Lipinski definition) is 2. The molecule has 0 saturated carbocycles. The van der Waals surface area contributed by atoms with Crippen LogP contribution >= 0.6 is 0 Å². The van der Waals surface area contributed by atoms with E-state index in [1.165, 1.54) is 0 Å². The predicted octanol–water partition coefficient (Wildman–Crippen LogP) is 1.32. The van der Waals surface area contributed by atoms with E-state index in [1.54, 1.807) is 11.8 Å². The summed E-state index contributed by atoms with van der Waals surface area (Å²) < 4.78 is 6.89. The van der Waals surface area contributed by atoms with E-state index in [1.807, 2.05) is 19.9 Å². The Morgan fingerprint density at radius 2 is 2.03 bits per heavy atom. The van der Waals surface area contributed by atoms with Gasteiger partial charge in [-0.2, -0.15) is 0 Å². The van der Waals surface area contributed by atoms with Gasteiger partial charge in [0.15, 0.2) is 5.82 Å². The molecule has 1 unspecified atom stereocenters. The van der Waals surface area contributed by atoms with Gasteiger partial charge in [-0.1, -0.05) is 11.6 Å². The molecule has 4 rings (SSSR count). The van der Waals surface area contributed by atoms with E-state index in [2.05, 4.69) is 37.5 Å². The van der Waals surface area contributed by atoms with E-state index < -0.39 is 6.04 Å². The first-order valence-electron chi connectivity index (χ1n) is 10.3. The van der Waals surface area contributed by atoms with Crippen molar-refractivity contribution >= 4 is 10.9 Å². The summed E-state index contributed by atoms with van der Waals surface area (Å²) in [5.74, 6) is 0.609. The molecule has 1 aliphatic heterocycles. The molecule has 3 heterocycles. The first-order valence-corrected chi connectivity index (χ1v) is 10.3. The molecule has 9 heteroatoms. The molecule has 1 aliphatic rings. The van der Waals surface area contributed by atoms with Gasteiger partial charge >= 0.3 is 0 Å². The Labute approximate surface area is 174 Å². The maximum absolute atomic E-state index is 13.2. The highest BCUT2D eigenvalue weighted by Gasteiger charge is 2.32. The van der Waals surface area contributed by atoms with Gasteiger partial charge in [-0.15, -0.1) is 5.10 Å². The van der Waals surface area contributed by atoms with Gasteiger partial charge in [0.05, 0.1) is 24.8 Å². The number of rotatable bonds is 6. The minimum atomic E-state index is -0.404. The van der Waals surface area contributed by atoms with E-state index in [9.17, 15) is 9.90 Å². The van der Waals surface area contributed by atoms with Crippen LogP contribution in [0.15, 0.2) is 23.0 Å². The van der Waals surface area contributed by atoms with E-state index in [0.29, 0.717) is 50.5 Å². The van der Waals surface area contributed by atoms with Gasteiger partial charge in [0.25, 0.3) is 5.56 Å². The summed E-state index contributed by atoms with van der Waals surface area (Å²) in [6.07, 6.45) is 0.992. The van der Waals surface area contributed by atoms with Gasteiger partial charge in [-0.05, 0) is 60.2 Å². The SMILES string of the molecule is COCCn1nnnc1C(c1cc2cc(C)cc(C)c2[nH]c1=O)N1CCC(O)CC1. The van der Waals surface area contributed by atoms with Crippen molar-refractivity contribution in [3.8, 4) is 0 Å². The molecular weight excluding hydrogens is 384 g/mol. The Morgan fingerprint density at radius 3 is 2.77 bits per heavy atom. The summed E-state index contributed by atoms with van der Waals surface area (Å²) in [7, 11) is 1.63. The van der Waals surface area contributed by atoms with Crippen LogP contribution in [0.1, 0.15) is 41.4 Å². The number of aliphatic hydroxyl groups excluding tert-OH is 1. The number of hydrogen-bond acceptors (Lipinski definition) is 7. The predicted molar refractivity (Wildman–Crippen MR) is 112 cm³/mol. The number of aryl methyl sites for hydroxylation is 2. The molecule has 9 nitrogen and oxygen atoms in total. The molecule has 0 bridgehead atoms. The molecule has 1 fully saturated rings. The quantitative estimate of drug-likeness (QED) is 0.628. The smallest absolute Gasteiger partial charge is 0.253 e. The van der Waals surface area contributed by atoms with Crippen LogP contribution in [0.2, 0.25) is 0 Å². The molecule has 0 radical (unpaired) electrons. The summed E-state index contributed by atoms with van der Waals surface area (Å²) in [5, 5.41) is 23.2. The summed E-state index contributed by atoms with van der Waals surface area (Å²) in [6.45, 7) is 6.33. The van der Waals surface area contributed by atoms with E-state index in [0.717, 1.165) is 22.0 Å². The van der Waals surface area contributed by atoms with E-state index in [-0.39, 0.29) is 11.7 Å². The highest BCUT2D eigenvalue weighted by atomic mass is 16.5. The number of nitrogens with zero attached hydrogens (tertiary/aromatic N) is 5. The molecule has 160 valence electrons. The summed E-state index contributed by atoms with van der Waals surface area (Å²) >= 11 is 0. The molecule has 0 spiro atoms. The third-order valence-electron chi connectivity index (χ3n) is 5.79. The number of nitrogens with one attached hydrogen (secondary N) is 1.